The maximum Gasteiger partial charge on any atom is 0.120 e. The molecule has 1 unspecified atom stereocenters. The zero-order chi connectivity index (χ0) is 13.9. The Labute approximate surface area is 122 Å². The van der Waals surface area contributed by atoms with Crippen LogP contribution in [0.1, 0.15) is 18.5 Å². The number of benzene rings is 1. The summed E-state index contributed by atoms with van der Waals surface area (Å²) in [7, 11) is 1.68. The molecule has 1 aromatic carbocycles. The number of nitrogens with zero attached hydrogens (tertiary/aromatic N) is 1. The van der Waals surface area contributed by atoms with Gasteiger partial charge in [0.2, 0.25) is 0 Å². The second-order valence-corrected chi connectivity index (χ2v) is 5.62. The van der Waals surface area contributed by atoms with E-state index in [1.54, 1.807) is 18.4 Å². The normalized spacial score (nSPS) is 12.3. The summed E-state index contributed by atoms with van der Waals surface area (Å²) in [6.07, 6.45) is 1.94. The number of aromatic nitrogens is 1. The highest BCUT2D eigenvalue weighted by molar-refractivity contribution is 7.17. The summed E-state index contributed by atoms with van der Waals surface area (Å²) in [6.45, 7) is 2.13. The van der Waals surface area contributed by atoms with E-state index < -0.39 is 0 Å². The van der Waals surface area contributed by atoms with Crippen LogP contribution in [0.2, 0.25) is 0 Å². The molecule has 0 radical (unpaired) electrons. The first kappa shape index (κ1) is 12.9. The van der Waals surface area contributed by atoms with Crippen molar-refractivity contribution in [1.29, 1.82) is 0 Å². The largest absolute Gasteiger partial charge is 0.497 e. The number of hydrogen-bond acceptors (Lipinski definition) is 4. The number of thiophene rings is 1. The second kappa shape index (κ2) is 5.51. The first-order valence-electron chi connectivity index (χ1n) is 6.50. The number of pyridine rings is 1. The highest BCUT2D eigenvalue weighted by atomic mass is 32.1. The summed E-state index contributed by atoms with van der Waals surface area (Å²) >= 11 is 1.72. The van der Waals surface area contributed by atoms with Crippen molar-refractivity contribution >= 4 is 27.2 Å². The van der Waals surface area contributed by atoms with Crippen LogP contribution in [0.4, 0.5) is 5.69 Å². The summed E-state index contributed by atoms with van der Waals surface area (Å²) in [5.74, 6) is 0.856. The van der Waals surface area contributed by atoms with Gasteiger partial charge in [0.1, 0.15) is 5.75 Å². The number of anilines is 1. The van der Waals surface area contributed by atoms with Gasteiger partial charge in [-0.05, 0) is 42.1 Å². The van der Waals surface area contributed by atoms with E-state index in [1.807, 2.05) is 36.5 Å². The Bertz CT molecular complexity index is 723. The molecule has 2 aromatic heterocycles. The first-order chi connectivity index (χ1) is 9.76. The van der Waals surface area contributed by atoms with Gasteiger partial charge < -0.3 is 10.1 Å². The molecule has 0 fully saturated rings. The Morgan fingerprint density at radius 3 is 3.00 bits per heavy atom. The summed E-state index contributed by atoms with van der Waals surface area (Å²) in [5.41, 5.74) is 3.29. The van der Waals surface area contributed by atoms with Gasteiger partial charge in [-0.25, -0.2) is 0 Å². The van der Waals surface area contributed by atoms with E-state index in [1.165, 1.54) is 10.3 Å². The molecule has 3 aromatic rings. The molecule has 0 aliphatic carbocycles. The minimum absolute atomic E-state index is 0.195. The van der Waals surface area contributed by atoms with Gasteiger partial charge in [0.05, 0.1) is 23.4 Å². The lowest BCUT2D eigenvalue weighted by atomic mass is 10.1. The van der Waals surface area contributed by atoms with E-state index in [2.05, 4.69) is 28.7 Å². The van der Waals surface area contributed by atoms with Crippen molar-refractivity contribution in [3.8, 4) is 5.75 Å². The van der Waals surface area contributed by atoms with Crippen LogP contribution in [0.25, 0.3) is 10.2 Å². The Balaban J connectivity index is 1.82. The zero-order valence-electron chi connectivity index (χ0n) is 11.5. The van der Waals surface area contributed by atoms with Crippen LogP contribution < -0.4 is 10.1 Å². The predicted octanol–water partition coefficient (Wildman–Crippen LogP) is 4.48. The fraction of sp³-hybridized carbons (Fsp3) is 0.188. The second-order valence-electron chi connectivity index (χ2n) is 4.67. The highest BCUT2D eigenvalue weighted by Gasteiger charge is 2.08. The minimum Gasteiger partial charge on any atom is -0.497 e. The average molecular weight is 284 g/mol. The number of ether oxygens (including phenoxy) is 1. The average Bonchev–Trinajstić information content (AvgIpc) is 2.94. The zero-order valence-corrected chi connectivity index (χ0v) is 12.3. The third kappa shape index (κ3) is 2.60. The first-order valence-corrected chi connectivity index (χ1v) is 7.38. The van der Waals surface area contributed by atoms with Crippen LogP contribution in [-0.2, 0) is 0 Å². The minimum atomic E-state index is 0.195. The van der Waals surface area contributed by atoms with Crippen molar-refractivity contribution in [2.45, 2.75) is 13.0 Å². The molecule has 3 rings (SSSR count). The molecule has 2 heterocycles. The standard InChI is InChI=1S/C16H16N2OS/c1-11(18-13-4-3-5-14(9-13)19-2)12-8-16-15(17-10-12)6-7-20-16/h3-11,18H,1-2H3. The fourth-order valence-electron chi connectivity index (χ4n) is 2.14. The van der Waals surface area contributed by atoms with Gasteiger partial charge in [0, 0.05) is 18.0 Å². The molecule has 0 saturated heterocycles. The third-order valence-electron chi connectivity index (χ3n) is 3.28. The Morgan fingerprint density at radius 1 is 1.25 bits per heavy atom. The molecule has 1 N–H and O–H groups in total. The van der Waals surface area contributed by atoms with E-state index >= 15 is 0 Å². The molecular weight excluding hydrogens is 268 g/mol. The summed E-state index contributed by atoms with van der Waals surface area (Å²) in [5, 5.41) is 5.55. The fourth-order valence-corrected chi connectivity index (χ4v) is 2.93. The molecular formula is C16H16N2OS. The van der Waals surface area contributed by atoms with Crippen molar-refractivity contribution in [2.75, 3.05) is 12.4 Å². The van der Waals surface area contributed by atoms with Gasteiger partial charge in [-0.3, -0.25) is 4.98 Å². The van der Waals surface area contributed by atoms with Crippen molar-refractivity contribution < 1.29 is 4.74 Å². The molecule has 3 nitrogen and oxygen atoms in total. The Morgan fingerprint density at radius 2 is 2.15 bits per heavy atom. The van der Waals surface area contributed by atoms with Crippen LogP contribution in [0.15, 0.2) is 48.0 Å². The molecule has 0 saturated carbocycles. The van der Waals surface area contributed by atoms with Crippen LogP contribution in [-0.4, -0.2) is 12.1 Å². The lowest BCUT2D eigenvalue weighted by Gasteiger charge is -2.16. The SMILES string of the molecule is COc1cccc(NC(C)c2cnc3ccsc3c2)c1. The molecule has 20 heavy (non-hydrogen) atoms. The van der Waals surface area contributed by atoms with E-state index in [9.17, 15) is 0 Å². The number of nitrogens with one attached hydrogen (secondary N) is 1. The van der Waals surface area contributed by atoms with Crippen LogP contribution >= 0.6 is 11.3 Å². The quantitative estimate of drug-likeness (QED) is 0.767. The highest BCUT2D eigenvalue weighted by Crippen LogP contribution is 2.26. The van der Waals surface area contributed by atoms with Gasteiger partial charge >= 0.3 is 0 Å². The maximum absolute atomic E-state index is 5.24. The van der Waals surface area contributed by atoms with Crippen molar-refractivity contribution in [3.05, 3.63) is 53.5 Å². The van der Waals surface area contributed by atoms with E-state index in [-0.39, 0.29) is 6.04 Å². The molecule has 0 aliphatic heterocycles. The summed E-state index contributed by atoms with van der Waals surface area (Å²) in [4.78, 5) is 4.48. The van der Waals surface area contributed by atoms with Crippen molar-refractivity contribution in [3.63, 3.8) is 0 Å². The van der Waals surface area contributed by atoms with Gasteiger partial charge in [0.25, 0.3) is 0 Å². The van der Waals surface area contributed by atoms with Crippen molar-refractivity contribution in [2.24, 2.45) is 0 Å². The lowest BCUT2D eigenvalue weighted by molar-refractivity contribution is 0.415. The maximum atomic E-state index is 5.24. The van der Waals surface area contributed by atoms with E-state index in [4.69, 9.17) is 4.74 Å². The molecule has 4 heteroatoms. The van der Waals surface area contributed by atoms with Crippen molar-refractivity contribution in [1.82, 2.24) is 4.98 Å². The lowest BCUT2D eigenvalue weighted by Crippen LogP contribution is -2.06. The van der Waals surface area contributed by atoms with Gasteiger partial charge in [0.15, 0.2) is 0 Å². The van der Waals surface area contributed by atoms with Gasteiger partial charge in [-0.2, -0.15) is 0 Å². The van der Waals surface area contributed by atoms with Crippen LogP contribution in [0, 0.1) is 0 Å². The molecule has 0 amide bonds. The third-order valence-corrected chi connectivity index (χ3v) is 4.13. The summed E-state index contributed by atoms with van der Waals surface area (Å²) in [6, 6.07) is 12.4. The molecule has 102 valence electrons. The van der Waals surface area contributed by atoms with E-state index in [0.29, 0.717) is 0 Å². The Kier molecular flexibility index (Phi) is 3.56. The topological polar surface area (TPSA) is 34.1 Å². The monoisotopic (exact) mass is 284 g/mol. The van der Waals surface area contributed by atoms with Gasteiger partial charge in [-0.15, -0.1) is 11.3 Å². The smallest absolute Gasteiger partial charge is 0.120 e. The molecule has 0 aliphatic rings. The summed E-state index contributed by atoms with van der Waals surface area (Å²) < 4.78 is 6.46. The number of hydrogen-bond donors (Lipinski definition) is 1. The van der Waals surface area contributed by atoms with Gasteiger partial charge in [-0.1, -0.05) is 6.07 Å². The van der Waals surface area contributed by atoms with Crippen LogP contribution in [0.3, 0.4) is 0 Å². The molecule has 1 atom stereocenters. The number of methoxy groups -OCH3 is 1. The predicted molar refractivity (Wildman–Crippen MR) is 84.7 cm³/mol. The van der Waals surface area contributed by atoms with E-state index in [0.717, 1.165) is 17.0 Å². The Hall–Kier alpha value is -2.07. The molecule has 0 bridgehead atoms. The molecule has 0 spiro atoms. The number of rotatable bonds is 4. The number of fused-ring (bicyclic) bond motifs is 1. The van der Waals surface area contributed by atoms with Crippen LogP contribution in [0.5, 0.6) is 5.75 Å².